The molecule has 0 fully saturated rings. The smallest absolute Gasteiger partial charge is 0.255 e. The summed E-state index contributed by atoms with van der Waals surface area (Å²) in [5.74, 6) is 2.08. The summed E-state index contributed by atoms with van der Waals surface area (Å²) < 4.78 is 0. The minimum absolute atomic E-state index is 0.112. The van der Waals surface area contributed by atoms with Gasteiger partial charge in [0, 0.05) is 11.8 Å². The molecule has 3 heteroatoms. The molecule has 0 aromatic heterocycles. The van der Waals surface area contributed by atoms with Gasteiger partial charge in [0.25, 0.3) is 5.91 Å². The quantitative estimate of drug-likeness (QED) is 0.453. The topological polar surface area (TPSA) is 29.1 Å². The molecule has 146 valence electrons. The maximum atomic E-state index is 12.6. The Morgan fingerprint density at radius 3 is 1.33 bits per heavy atom. The van der Waals surface area contributed by atoms with Gasteiger partial charge in [0.2, 0.25) is 0 Å². The van der Waals surface area contributed by atoms with Gasteiger partial charge in [0.15, 0.2) is 0 Å². The van der Waals surface area contributed by atoms with Gasteiger partial charge < -0.3 is 5.32 Å². The Morgan fingerprint density at radius 1 is 0.567 bits per heavy atom. The second-order valence-corrected chi connectivity index (χ2v) is 10.2. The highest BCUT2D eigenvalue weighted by molar-refractivity contribution is 7.98. The van der Waals surface area contributed by atoms with Crippen LogP contribution in [0.15, 0.2) is 133 Å². The summed E-state index contributed by atoms with van der Waals surface area (Å²) in [4.78, 5) is 12.6. The maximum Gasteiger partial charge on any atom is 0.255 e. The average molecular weight is 408 g/mol. The van der Waals surface area contributed by atoms with E-state index in [9.17, 15) is 4.79 Å². The predicted octanol–water partition coefficient (Wildman–Crippen LogP) is 4.88. The van der Waals surface area contributed by atoms with E-state index in [2.05, 4.69) is 83.9 Å². The van der Waals surface area contributed by atoms with E-state index in [-0.39, 0.29) is 5.91 Å². The molecule has 2 nitrogen and oxygen atoms in total. The van der Waals surface area contributed by atoms with Crippen molar-refractivity contribution in [2.45, 2.75) is 0 Å². The van der Waals surface area contributed by atoms with Crippen molar-refractivity contribution in [1.82, 2.24) is 5.32 Å². The van der Waals surface area contributed by atoms with Gasteiger partial charge in [-0.2, -0.15) is 0 Å². The fourth-order valence-corrected chi connectivity index (χ4v) is 7.23. The monoisotopic (exact) mass is 408 g/mol. The molecule has 0 saturated heterocycles. The van der Waals surface area contributed by atoms with Crippen LogP contribution in [0.1, 0.15) is 10.4 Å². The molecule has 1 N–H and O–H groups in total. The zero-order chi connectivity index (χ0) is 20.7. The number of benzene rings is 4. The van der Waals surface area contributed by atoms with Crippen molar-refractivity contribution in [2.24, 2.45) is 0 Å². The Hall–Kier alpha value is -3.48. The summed E-state index contributed by atoms with van der Waals surface area (Å²) in [5.41, 5.74) is 0.644. The molecule has 0 aliphatic heterocycles. The molecule has 4 rings (SSSR count). The third-order valence-electron chi connectivity index (χ3n) is 5.04. The number of carbonyl (C=O) groups excluding carboxylic acids is 1. The third-order valence-corrected chi connectivity index (χ3v) is 8.97. The lowest BCUT2D eigenvalue weighted by molar-refractivity contribution is 0.0970. The summed E-state index contributed by atoms with van der Waals surface area (Å²) in [5, 5.41) is 6.70. The Kier molecular flexibility index (Phi) is 6.17. The third kappa shape index (κ3) is 4.10. The number of hydrogen-bond donors (Lipinski definition) is 1. The fraction of sp³-hybridized carbons (Fsp3) is 0. The van der Waals surface area contributed by atoms with E-state index in [0.717, 1.165) is 0 Å². The molecule has 0 spiro atoms. The average Bonchev–Trinajstić information content (AvgIpc) is 2.84. The van der Waals surface area contributed by atoms with Crippen LogP contribution in [0.4, 0.5) is 0 Å². The van der Waals surface area contributed by atoms with Crippen molar-refractivity contribution in [3.63, 3.8) is 0 Å². The zero-order valence-electron chi connectivity index (χ0n) is 16.6. The molecular formula is C27H23NOP+. The molecule has 30 heavy (non-hydrogen) atoms. The van der Waals surface area contributed by atoms with Crippen LogP contribution in [-0.2, 0) is 0 Å². The maximum absolute atomic E-state index is 12.6. The van der Waals surface area contributed by atoms with E-state index in [4.69, 9.17) is 0 Å². The first-order chi connectivity index (χ1) is 14.8. The van der Waals surface area contributed by atoms with Gasteiger partial charge in [0.05, 0.1) is 5.82 Å². The Morgan fingerprint density at radius 2 is 0.933 bits per heavy atom. The normalized spacial score (nSPS) is 11.3. The van der Waals surface area contributed by atoms with Crippen LogP contribution in [0.5, 0.6) is 0 Å². The first kappa shape index (κ1) is 19.8. The van der Waals surface area contributed by atoms with Crippen molar-refractivity contribution in [3.8, 4) is 0 Å². The van der Waals surface area contributed by atoms with Crippen molar-refractivity contribution < 1.29 is 4.79 Å². The molecule has 0 radical (unpaired) electrons. The second kappa shape index (κ2) is 9.35. The summed E-state index contributed by atoms with van der Waals surface area (Å²) in [6.45, 7) is 0. The zero-order valence-corrected chi connectivity index (χ0v) is 17.5. The second-order valence-electron chi connectivity index (χ2n) is 6.88. The van der Waals surface area contributed by atoms with Gasteiger partial charge in [0.1, 0.15) is 23.2 Å². The van der Waals surface area contributed by atoms with Crippen LogP contribution in [0.3, 0.4) is 0 Å². The van der Waals surface area contributed by atoms with Gasteiger partial charge in [-0.3, -0.25) is 4.79 Å². The highest BCUT2D eigenvalue weighted by Crippen LogP contribution is 2.56. The molecule has 4 aromatic rings. The number of amides is 1. The van der Waals surface area contributed by atoms with Gasteiger partial charge in [-0.15, -0.1) is 0 Å². The highest BCUT2D eigenvalue weighted by Gasteiger charge is 2.43. The van der Waals surface area contributed by atoms with Crippen molar-refractivity contribution in [2.75, 3.05) is 0 Å². The molecule has 0 aliphatic rings. The number of rotatable bonds is 6. The lowest BCUT2D eigenvalue weighted by Gasteiger charge is -2.24. The van der Waals surface area contributed by atoms with Crippen molar-refractivity contribution >= 4 is 29.1 Å². The molecule has 0 unspecified atom stereocenters. The SMILES string of the molecule is O=C(N/C=C/[P+](c1ccccc1)(c1ccccc1)c1ccccc1)c1ccccc1. The molecular weight excluding hydrogens is 385 g/mol. The summed E-state index contributed by atoms with van der Waals surface area (Å²) >= 11 is 0. The first-order valence-electron chi connectivity index (χ1n) is 9.90. The Labute approximate surface area is 178 Å². The molecule has 0 heterocycles. The van der Waals surface area contributed by atoms with E-state index in [1.807, 2.05) is 54.7 Å². The van der Waals surface area contributed by atoms with Crippen molar-refractivity contribution in [3.05, 3.63) is 139 Å². The van der Waals surface area contributed by atoms with E-state index >= 15 is 0 Å². The Bertz CT molecular complexity index is 1010. The molecule has 0 atom stereocenters. The summed E-state index contributed by atoms with van der Waals surface area (Å²) in [7, 11) is -2.10. The van der Waals surface area contributed by atoms with Gasteiger partial charge in [-0.25, -0.2) is 0 Å². The number of nitrogens with one attached hydrogen (secondary N) is 1. The van der Waals surface area contributed by atoms with Crippen molar-refractivity contribution in [1.29, 1.82) is 0 Å². The number of carbonyl (C=O) groups is 1. The molecule has 4 aromatic carbocycles. The van der Waals surface area contributed by atoms with Crippen LogP contribution in [0.25, 0.3) is 0 Å². The largest absolute Gasteiger partial charge is 0.325 e. The van der Waals surface area contributed by atoms with Gasteiger partial charge in [-0.1, -0.05) is 72.8 Å². The summed E-state index contributed by atoms with van der Waals surface area (Å²) in [6.07, 6.45) is 1.82. The van der Waals surface area contributed by atoms with Crippen LogP contribution < -0.4 is 21.2 Å². The molecule has 0 aliphatic carbocycles. The molecule has 0 bridgehead atoms. The lowest BCUT2D eigenvalue weighted by Crippen LogP contribution is -2.30. The van der Waals surface area contributed by atoms with E-state index < -0.39 is 7.26 Å². The minimum Gasteiger partial charge on any atom is -0.325 e. The van der Waals surface area contributed by atoms with Crippen LogP contribution in [0, 0.1) is 0 Å². The van der Waals surface area contributed by atoms with Crippen LogP contribution in [-0.4, -0.2) is 5.91 Å². The minimum atomic E-state index is -2.10. The van der Waals surface area contributed by atoms with Crippen LogP contribution in [0.2, 0.25) is 0 Å². The van der Waals surface area contributed by atoms with Crippen LogP contribution >= 0.6 is 7.26 Å². The molecule has 1 amide bonds. The lowest BCUT2D eigenvalue weighted by atomic mass is 10.2. The highest BCUT2D eigenvalue weighted by atomic mass is 31.2. The summed E-state index contributed by atoms with van der Waals surface area (Å²) in [6, 6.07) is 40.9. The van der Waals surface area contributed by atoms with E-state index in [1.165, 1.54) is 15.9 Å². The Balaban J connectivity index is 1.82. The van der Waals surface area contributed by atoms with Gasteiger partial charge in [-0.05, 0) is 48.5 Å². The van der Waals surface area contributed by atoms with E-state index in [1.54, 1.807) is 0 Å². The number of hydrogen-bond acceptors (Lipinski definition) is 1. The predicted molar refractivity (Wildman–Crippen MR) is 128 cm³/mol. The molecule has 0 saturated carbocycles. The van der Waals surface area contributed by atoms with Gasteiger partial charge >= 0.3 is 0 Å². The fourth-order valence-electron chi connectivity index (χ4n) is 3.59. The standard InChI is InChI=1S/C27H22NOP/c29-27(23-13-5-1-6-14-23)28-21-22-30(24-15-7-2-8-16-24,25-17-9-3-10-18-25)26-19-11-4-12-20-26/h1-22H/p+1/b22-21+. The first-order valence-corrected chi connectivity index (χ1v) is 11.8. The van der Waals surface area contributed by atoms with E-state index in [0.29, 0.717) is 5.56 Å².